The third kappa shape index (κ3) is 3.95. The lowest BCUT2D eigenvalue weighted by atomic mass is 9.49. The van der Waals surface area contributed by atoms with Gasteiger partial charge < -0.3 is 39.7 Å². The molecular formula is C34H53NO10. The van der Waals surface area contributed by atoms with Crippen molar-refractivity contribution in [2.24, 2.45) is 46.8 Å². The van der Waals surface area contributed by atoms with Gasteiger partial charge in [0.15, 0.2) is 12.2 Å². The molecule has 0 aromatic carbocycles. The number of aliphatic hydroxyl groups excluding tert-OH is 2. The second kappa shape index (κ2) is 10.1. The first-order valence-corrected chi connectivity index (χ1v) is 17.3. The van der Waals surface area contributed by atoms with Gasteiger partial charge in [0, 0.05) is 49.2 Å². The molecule has 7 rings (SSSR count). The Kier molecular flexibility index (Phi) is 7.22. The Morgan fingerprint density at radius 2 is 1.78 bits per heavy atom. The zero-order valence-electron chi connectivity index (χ0n) is 27.5. The average molecular weight is 636 g/mol. The molecule has 4 aliphatic carbocycles. The molecular weight excluding hydrogens is 582 g/mol. The van der Waals surface area contributed by atoms with Crippen LogP contribution < -0.4 is 0 Å². The first-order valence-electron chi connectivity index (χ1n) is 17.3. The van der Waals surface area contributed by atoms with E-state index in [1.807, 2.05) is 13.8 Å². The highest BCUT2D eigenvalue weighted by molar-refractivity contribution is 5.72. The van der Waals surface area contributed by atoms with Crippen molar-refractivity contribution in [2.45, 2.75) is 140 Å². The van der Waals surface area contributed by atoms with Crippen LogP contribution >= 0.6 is 0 Å². The number of piperidine rings is 2. The Balaban J connectivity index is 1.38. The Bertz CT molecular complexity index is 1250. The van der Waals surface area contributed by atoms with Crippen LogP contribution in [-0.4, -0.2) is 109 Å². The lowest BCUT2D eigenvalue weighted by molar-refractivity contribution is -0.299. The molecule has 0 amide bonds. The predicted molar refractivity (Wildman–Crippen MR) is 159 cm³/mol. The SMILES string of the molecule is CC[C@@H](C)C(=O)O[C@H]1[C@H](O)[C@H]2[C@@H](CN3C[C@@H](C)CC[C@H]3[C@@]2(C)O)[C@@H]2C[C@]34O[C@@]5(O)[C@@H](OC(C)=O)CC[C@@]3(C)[C@@H]5C[C@@H](O)[C@H]4[C@@]21O. The van der Waals surface area contributed by atoms with Crippen molar-refractivity contribution in [3.8, 4) is 0 Å². The quantitative estimate of drug-likeness (QED) is 0.283. The summed E-state index contributed by atoms with van der Waals surface area (Å²) < 4.78 is 18.6. The van der Waals surface area contributed by atoms with Crippen molar-refractivity contribution in [3.05, 3.63) is 0 Å². The van der Waals surface area contributed by atoms with Crippen LogP contribution in [0.15, 0.2) is 0 Å². The number of rotatable bonds is 4. The minimum atomic E-state index is -1.91. The molecule has 4 saturated carbocycles. The lowest BCUT2D eigenvalue weighted by Crippen LogP contribution is -2.77. The van der Waals surface area contributed by atoms with Gasteiger partial charge in [-0.15, -0.1) is 0 Å². The third-order valence-electron chi connectivity index (χ3n) is 14.3. The maximum atomic E-state index is 13.4. The molecule has 7 fully saturated rings. The van der Waals surface area contributed by atoms with Crippen molar-refractivity contribution in [2.75, 3.05) is 13.1 Å². The smallest absolute Gasteiger partial charge is 0.309 e. The molecule has 17 atom stereocenters. The summed E-state index contributed by atoms with van der Waals surface area (Å²) in [7, 11) is 0. The van der Waals surface area contributed by atoms with Gasteiger partial charge in [0.05, 0.1) is 29.3 Å². The molecule has 3 heterocycles. The maximum Gasteiger partial charge on any atom is 0.309 e. The van der Waals surface area contributed by atoms with Crippen LogP contribution in [0.3, 0.4) is 0 Å². The molecule has 4 bridgehead atoms. The largest absolute Gasteiger partial charge is 0.457 e. The molecule has 7 aliphatic rings. The fraction of sp³-hybridized carbons (Fsp3) is 0.941. The van der Waals surface area contributed by atoms with Crippen LogP contribution in [0.1, 0.15) is 86.5 Å². The van der Waals surface area contributed by atoms with E-state index in [2.05, 4.69) is 11.8 Å². The molecule has 254 valence electrons. The topological polar surface area (TPSA) is 166 Å². The number of fused-ring (bicyclic) bond motifs is 5. The van der Waals surface area contributed by atoms with E-state index < -0.39 is 99.9 Å². The highest BCUT2D eigenvalue weighted by Gasteiger charge is 2.87. The Morgan fingerprint density at radius 1 is 1.07 bits per heavy atom. The summed E-state index contributed by atoms with van der Waals surface area (Å²) in [5.41, 5.74) is -5.22. The molecule has 11 heteroatoms. The number of carbonyl (C=O) groups excluding carboxylic acids is 2. The normalized spacial score (nSPS) is 57.2. The van der Waals surface area contributed by atoms with E-state index in [-0.39, 0.29) is 18.9 Å². The van der Waals surface area contributed by atoms with Crippen LogP contribution in [0.2, 0.25) is 0 Å². The van der Waals surface area contributed by atoms with Crippen LogP contribution in [-0.2, 0) is 23.8 Å². The molecule has 0 aromatic heterocycles. The van der Waals surface area contributed by atoms with Gasteiger partial charge in [-0.3, -0.25) is 14.5 Å². The minimum Gasteiger partial charge on any atom is -0.457 e. The molecule has 5 N–H and O–H groups in total. The van der Waals surface area contributed by atoms with Gasteiger partial charge in [-0.1, -0.05) is 27.7 Å². The van der Waals surface area contributed by atoms with Gasteiger partial charge >= 0.3 is 11.9 Å². The van der Waals surface area contributed by atoms with Gasteiger partial charge in [-0.2, -0.15) is 0 Å². The number of ether oxygens (including phenoxy) is 3. The molecule has 0 aromatic rings. The van der Waals surface area contributed by atoms with Crippen molar-refractivity contribution in [1.82, 2.24) is 4.90 Å². The number of aliphatic hydroxyl groups is 5. The molecule has 3 saturated heterocycles. The van der Waals surface area contributed by atoms with Gasteiger partial charge in [0.2, 0.25) is 5.79 Å². The number of carbonyl (C=O) groups is 2. The number of nitrogens with zero attached hydrogens (tertiary/aromatic N) is 1. The summed E-state index contributed by atoms with van der Waals surface area (Å²) >= 11 is 0. The van der Waals surface area contributed by atoms with Crippen molar-refractivity contribution in [3.63, 3.8) is 0 Å². The van der Waals surface area contributed by atoms with Crippen molar-refractivity contribution < 1.29 is 49.3 Å². The molecule has 11 nitrogen and oxygen atoms in total. The zero-order chi connectivity index (χ0) is 32.6. The Hall–Kier alpha value is -1.34. The van der Waals surface area contributed by atoms with E-state index in [1.165, 1.54) is 6.92 Å². The zero-order valence-corrected chi connectivity index (χ0v) is 27.5. The lowest BCUT2D eigenvalue weighted by Gasteiger charge is -2.64. The predicted octanol–water partition coefficient (Wildman–Crippen LogP) is 1.35. The number of hydrogen-bond acceptors (Lipinski definition) is 11. The third-order valence-corrected chi connectivity index (χ3v) is 14.3. The average Bonchev–Trinajstić information content (AvgIpc) is 3.24. The standard InChI is InChI=1S/C34H53NO10/c1-7-17(3)29(39)44-28-26(38)25-19(15-35-14-16(2)8-9-23(35)31(25,6)40)20-13-32-27(33(20,28)41)21(37)12-22-30(32,5)11-10-24(43-18(4)36)34(22,42)45-32/h16-17,19-28,37-38,40-42H,7-15H2,1-6H3/t16-,17+,19-,20-,21+,22-,23-,24-,25+,26+,27+,28-,30-,31+,32+,33-,34+/m0/s1. The van der Waals surface area contributed by atoms with E-state index in [9.17, 15) is 35.1 Å². The van der Waals surface area contributed by atoms with Gasteiger partial charge in [0.25, 0.3) is 0 Å². The van der Waals surface area contributed by atoms with Gasteiger partial charge in [-0.05, 0) is 69.6 Å². The van der Waals surface area contributed by atoms with Gasteiger partial charge in [-0.25, -0.2) is 0 Å². The van der Waals surface area contributed by atoms with Crippen LogP contribution in [0.25, 0.3) is 0 Å². The first-order chi connectivity index (χ1) is 21.0. The van der Waals surface area contributed by atoms with Crippen LogP contribution in [0.4, 0.5) is 0 Å². The molecule has 45 heavy (non-hydrogen) atoms. The van der Waals surface area contributed by atoms with E-state index in [0.717, 1.165) is 19.4 Å². The number of esters is 2. The summed E-state index contributed by atoms with van der Waals surface area (Å²) in [6, 6.07) is -0.191. The maximum absolute atomic E-state index is 13.4. The Labute approximate surface area is 265 Å². The molecule has 1 spiro atoms. The second-order valence-electron chi connectivity index (χ2n) is 16.6. The molecule has 0 radical (unpaired) electrons. The summed E-state index contributed by atoms with van der Waals surface area (Å²) in [6.45, 7) is 12.2. The summed E-state index contributed by atoms with van der Waals surface area (Å²) in [5.74, 6) is -6.32. The highest BCUT2D eigenvalue weighted by atomic mass is 16.7. The van der Waals surface area contributed by atoms with Crippen molar-refractivity contribution in [1.29, 1.82) is 0 Å². The second-order valence-corrected chi connectivity index (χ2v) is 16.6. The fourth-order valence-electron chi connectivity index (χ4n) is 12.3. The van der Waals surface area contributed by atoms with E-state index in [4.69, 9.17) is 14.2 Å². The Morgan fingerprint density at radius 3 is 2.44 bits per heavy atom. The minimum absolute atomic E-state index is 0.0891. The summed E-state index contributed by atoms with van der Waals surface area (Å²) in [5, 5.41) is 62.1. The number of hydrogen-bond donors (Lipinski definition) is 5. The van der Waals surface area contributed by atoms with Gasteiger partial charge in [0.1, 0.15) is 5.60 Å². The first kappa shape index (κ1) is 32.2. The fourth-order valence-corrected chi connectivity index (χ4v) is 12.3. The molecule has 0 unspecified atom stereocenters. The monoisotopic (exact) mass is 635 g/mol. The highest BCUT2D eigenvalue weighted by Crippen LogP contribution is 2.77. The van der Waals surface area contributed by atoms with Crippen molar-refractivity contribution >= 4 is 11.9 Å². The van der Waals surface area contributed by atoms with E-state index in [0.29, 0.717) is 31.7 Å². The summed E-state index contributed by atoms with van der Waals surface area (Å²) in [6.07, 6.45) is -1.45. The summed E-state index contributed by atoms with van der Waals surface area (Å²) in [4.78, 5) is 27.8. The molecule has 3 aliphatic heterocycles. The van der Waals surface area contributed by atoms with Crippen LogP contribution in [0.5, 0.6) is 0 Å². The van der Waals surface area contributed by atoms with E-state index in [1.54, 1.807) is 13.8 Å². The van der Waals surface area contributed by atoms with Crippen LogP contribution in [0, 0.1) is 46.8 Å². The van der Waals surface area contributed by atoms with E-state index >= 15 is 0 Å².